The number of Topliss-reactive ketones (excluding diaryl/α,β-unsaturated/α-hetero) is 1. The van der Waals surface area contributed by atoms with Gasteiger partial charge in [0.2, 0.25) is 5.97 Å². The summed E-state index contributed by atoms with van der Waals surface area (Å²) < 4.78 is 33.2. The first kappa shape index (κ1) is 127. The number of hydrogen-bond donors (Lipinski definition) is 5. The van der Waals surface area contributed by atoms with Crippen molar-refractivity contribution in [1.82, 2.24) is 24.9 Å². The Hall–Kier alpha value is -4.42. The van der Waals surface area contributed by atoms with Crippen LogP contribution in [0, 0.1) is 30.8 Å². The molecule has 6 atom stereocenters. The number of phenols is 2. The SMILES string of the molecule is CC(=O)OOC(C)=O.CC(Cl)OC(=O)Cl.Clc1ccc(OCC2=CCN(Cc3ccccc3)CC2)c(I)c1.Clc1ccc2c(c1)C1(CCN(Cc3ccccc3)CC1)CO2.Clc1ccc2c(c1)C1(CCN([C@@H]3C[C@@H]4CC[C@H]3C4)CC1)CO2.Clc1ccc2c(c1)C1(CCNCC1)CO2.Nc1cc(Cl)ccc1O.O=C1C[C@@H]2CC[C@H]1C2.OCC1=CCN(Cc2ccccc2)CC1.Oc1ccc(Cl)cc1I.[B-]OC(C)=O.[I-].[K+].[Na+]. The molecule has 36 heteroatoms. The number of aromatic hydroxyl groups is 2. The number of anilines is 1. The van der Waals surface area contributed by atoms with Crippen LogP contribution in [-0.4, -0.2) is 182 Å². The molecular formula is C110H127BCl8I3KN6NaO16. The Bertz CT molecular complexity index is 5620. The van der Waals surface area contributed by atoms with Gasteiger partial charge < -0.3 is 91.6 Å². The molecule has 12 aliphatic rings. The number of likely N-dealkylation sites (tertiary alicyclic amines) is 2. The van der Waals surface area contributed by atoms with Crippen molar-refractivity contribution in [3.63, 3.8) is 0 Å². The average Bonchev–Trinajstić information content (AvgIpc) is 1.56. The van der Waals surface area contributed by atoms with Gasteiger partial charge in [0.05, 0.1) is 39.3 Å². The zero-order valence-electron chi connectivity index (χ0n) is 83.5. The van der Waals surface area contributed by atoms with Gasteiger partial charge in [0.1, 0.15) is 46.9 Å². The van der Waals surface area contributed by atoms with Crippen LogP contribution in [0.2, 0.25) is 30.1 Å². The first-order chi connectivity index (χ1) is 68.6. The summed E-state index contributed by atoms with van der Waals surface area (Å²) in [7, 11) is 4.32. The second-order valence-corrected chi connectivity index (χ2v) is 43.5. The molecular weight excluding hydrogens is 2400 g/mol. The Morgan fingerprint density at radius 2 is 0.938 bits per heavy atom. The van der Waals surface area contributed by atoms with Crippen LogP contribution >= 0.6 is 138 Å². The third-order valence-electron chi connectivity index (χ3n) is 27.5. The minimum atomic E-state index is -0.873. The van der Waals surface area contributed by atoms with Crippen molar-refractivity contribution in [2.75, 3.05) is 104 Å². The van der Waals surface area contributed by atoms with Crippen molar-refractivity contribution >= 4 is 181 Å². The number of nitrogen functional groups attached to an aromatic ring is 1. The first-order valence-electron chi connectivity index (χ1n) is 48.4. The van der Waals surface area contributed by atoms with Crippen LogP contribution in [0.1, 0.15) is 164 Å². The molecule has 4 bridgehead atoms. The van der Waals surface area contributed by atoms with E-state index in [1.807, 2.05) is 77.2 Å². The van der Waals surface area contributed by atoms with E-state index in [4.69, 9.17) is 133 Å². The Labute approximate surface area is 1010 Å². The normalized spacial score (nSPS) is 19.8. The van der Waals surface area contributed by atoms with Crippen LogP contribution in [0.25, 0.3) is 0 Å². The van der Waals surface area contributed by atoms with Gasteiger partial charge in [-0.15, -0.1) is 0 Å². The maximum atomic E-state index is 10.8. The number of carbonyl (C=O) groups is 5. The van der Waals surface area contributed by atoms with Crippen molar-refractivity contribution in [3.8, 4) is 34.5 Å². The van der Waals surface area contributed by atoms with Gasteiger partial charge >= 0.3 is 98.3 Å². The third kappa shape index (κ3) is 41.0. The van der Waals surface area contributed by atoms with E-state index >= 15 is 0 Å². The van der Waals surface area contributed by atoms with Crippen LogP contribution in [0.15, 0.2) is 223 Å². The molecule has 775 valence electrons. The Balaban J connectivity index is 0.000000202. The number of phenolic OH excluding ortho intramolecular Hbond substituents is 2. The molecule has 3 spiro atoms. The summed E-state index contributed by atoms with van der Waals surface area (Å²) in [5.41, 5.74) is 15.4. The van der Waals surface area contributed by atoms with E-state index in [9.17, 15) is 24.0 Å². The Kier molecular flexibility index (Phi) is 56.3. The zero-order chi connectivity index (χ0) is 103. The molecule has 9 aromatic carbocycles. The monoisotopic (exact) mass is 2520 g/mol. The predicted octanol–water partition coefficient (Wildman–Crippen LogP) is 16.1. The van der Waals surface area contributed by atoms with Gasteiger partial charge in [-0.2, -0.15) is 0 Å². The van der Waals surface area contributed by atoms with Gasteiger partial charge in [0, 0.05) is 160 Å². The van der Waals surface area contributed by atoms with E-state index in [1.165, 1.54) is 141 Å². The van der Waals surface area contributed by atoms with Crippen molar-refractivity contribution < 1.29 is 182 Å². The van der Waals surface area contributed by atoms with Gasteiger partial charge in [-0.25, -0.2) is 24.2 Å². The zero-order valence-corrected chi connectivity index (χ0v) is 101. The third-order valence-corrected chi connectivity index (χ3v) is 30.8. The summed E-state index contributed by atoms with van der Waals surface area (Å²) in [6, 6.07) is 66.1. The van der Waals surface area contributed by atoms with Crippen molar-refractivity contribution in [3.05, 3.63) is 294 Å². The van der Waals surface area contributed by atoms with Crippen molar-refractivity contribution in [1.29, 1.82) is 0 Å². The number of nitrogens with one attached hydrogen (secondary N) is 1. The average molecular weight is 2530 g/mol. The molecule has 3 saturated heterocycles. The number of aliphatic hydroxyl groups excluding tert-OH is 1. The van der Waals surface area contributed by atoms with Crippen molar-refractivity contribution in [2.24, 2.45) is 23.7 Å². The predicted molar refractivity (Wildman–Crippen MR) is 587 cm³/mol. The number of nitrogens with two attached hydrogens (primary N) is 1. The number of ketones is 1. The maximum absolute atomic E-state index is 10.8. The molecule has 0 aromatic heterocycles. The number of alkyl halides is 1. The van der Waals surface area contributed by atoms with Gasteiger partial charge in [0.15, 0.2) is 5.56 Å². The number of piperidine rings is 3. The fourth-order valence-corrected chi connectivity index (χ4v) is 22.7. The summed E-state index contributed by atoms with van der Waals surface area (Å²) in [5, 5.41) is 34.6. The second kappa shape index (κ2) is 64.8. The molecule has 8 heterocycles. The van der Waals surface area contributed by atoms with Gasteiger partial charge in [-0.1, -0.05) is 191 Å². The fourth-order valence-electron chi connectivity index (χ4n) is 19.8. The summed E-state index contributed by atoms with van der Waals surface area (Å²) in [4.78, 5) is 67.5. The number of hydrogen-bond acceptors (Lipinski definition) is 22. The van der Waals surface area contributed by atoms with E-state index in [0.29, 0.717) is 34.0 Å². The van der Waals surface area contributed by atoms with Crippen LogP contribution in [-0.2, 0) is 74.2 Å². The molecule has 1 unspecified atom stereocenters. The number of halogens is 11. The number of rotatable bonds is 12. The molecule has 3 radical (unpaired) electrons. The molecule has 0 amide bonds. The summed E-state index contributed by atoms with van der Waals surface area (Å²) in [6.07, 6.45) is 24.2. The molecule has 4 saturated carbocycles. The summed E-state index contributed by atoms with van der Waals surface area (Å²) in [6.45, 7) is 22.4. The minimum absolute atomic E-state index is 0. The molecule has 6 N–H and O–H groups in total. The standard InChI is InChI=1S/C19H19ClINO.C19H24ClNO.C19H20ClNO.C13H17NO.C12H14ClNO.C7H10O.C6H4ClIO.C6H6ClNO.C4H6O4.C3H4Cl2O2.C2H3BO2.HI.K.Na/c20-17-6-7-19(18(21)12-17)23-14-16-8-10-22(11-9-16)13-15-4-2-1-3-5-15;20-15-3-4-18-16(11-15)19(12-22-18)5-7-21(8-6-19)17-10-13-1-2-14(17)9-13;20-16-6-7-18-17(12-16)19(14-22-18)8-10-21(11-9-19)13-15-4-2-1-3-5-15;15-11-13-6-8-14(9-7-13)10-12-4-2-1-3-5-12;13-9-1-2-11-10(7-9)12(8-15-11)3-5-14-6-4-12;8-7-4-5-1-2-6(7)3-5;2*7-4-1-2-6(9)5(8)3-4;1-3(5)7-8-4(2)6;1-2(4)7-3(5)6;1-2(4)5-3;;;/h1-8,12H,9-11,13-14H2;3-4,11,13-14,17H,1-2,5-10,12H2;1-7,12H,8-11,13-14H2;1-6,15H,7-11H2;1-2,7,14H,3-6,8H2;5-6H,1-4H2;1-3,9H;1-3,9H,8H2;1-2H3;2H,1H3;1H3;1H;;/q;;;;;;;;;;-1;;2*+1/p-1/t;13-,14+,17-;;;;5-,6+;;;;;;;;/m.1...1......../s1. The molecule has 21 rings (SSSR count). The van der Waals surface area contributed by atoms with Gasteiger partial charge in [-0.05, 0) is 336 Å². The molecule has 4 aliphatic carbocycles. The van der Waals surface area contributed by atoms with Crippen LogP contribution < -0.4 is 135 Å². The van der Waals surface area contributed by atoms with E-state index in [0.717, 1.165) is 225 Å². The number of benzene rings is 9. The van der Waals surface area contributed by atoms with E-state index < -0.39 is 28.9 Å². The number of ether oxygens (including phenoxy) is 5. The van der Waals surface area contributed by atoms with E-state index in [1.54, 1.807) is 24.3 Å². The number of carbonyl (C=O) groups excluding carboxylic acids is 5. The molecule has 9 aromatic rings. The molecule has 146 heavy (non-hydrogen) atoms. The maximum Gasteiger partial charge on any atom is 1.00 e. The first-order valence-corrected chi connectivity index (χ1v) is 53.6. The Morgan fingerprint density at radius 1 is 0.521 bits per heavy atom. The van der Waals surface area contributed by atoms with Crippen LogP contribution in [0.5, 0.6) is 34.5 Å². The smallest absolute Gasteiger partial charge is 1.00 e. The second-order valence-electron chi connectivity index (χ2n) is 37.6. The van der Waals surface area contributed by atoms with E-state index in [-0.39, 0.29) is 139 Å². The quantitative estimate of drug-likeness (QED) is 0.00875. The largest absolute Gasteiger partial charge is 1.00 e. The molecule has 7 fully saturated rings. The molecule has 8 aliphatic heterocycles. The Morgan fingerprint density at radius 3 is 1.29 bits per heavy atom. The topological polar surface area (TPSA) is 271 Å². The van der Waals surface area contributed by atoms with Crippen LogP contribution in [0.3, 0.4) is 0 Å². The van der Waals surface area contributed by atoms with Gasteiger partial charge in [-0.3, -0.25) is 24.3 Å². The van der Waals surface area contributed by atoms with Gasteiger partial charge in [0.25, 0.3) is 0 Å². The number of fused-ring (bicyclic) bond motifs is 10. The van der Waals surface area contributed by atoms with Crippen LogP contribution in [0.4, 0.5) is 10.5 Å². The minimum Gasteiger partial charge on any atom is -1.00 e. The molecule has 22 nitrogen and oxygen atoms in total. The summed E-state index contributed by atoms with van der Waals surface area (Å²) >= 11 is 49.7. The fraction of sp³-hybridized carbons (Fsp3) is 0.427. The number of nitrogens with zero attached hydrogens (tertiary/aromatic N) is 4. The number of aliphatic hydroxyl groups is 1. The van der Waals surface area contributed by atoms with E-state index in [2.05, 4.69) is 196 Å². The van der Waals surface area contributed by atoms with Crippen molar-refractivity contribution in [2.45, 2.75) is 178 Å². The summed E-state index contributed by atoms with van der Waals surface area (Å²) in [5.74, 6) is 6.52.